The molecule has 0 spiro atoms. The number of halogens is 1. The second-order valence-electron chi connectivity index (χ2n) is 5.67. The first-order valence-electron chi connectivity index (χ1n) is 8.28. The Balaban J connectivity index is 2.33. The monoisotopic (exact) mass is 401 g/mol. The van der Waals surface area contributed by atoms with Gasteiger partial charge in [0.1, 0.15) is 6.04 Å². The van der Waals surface area contributed by atoms with Gasteiger partial charge in [-0.2, -0.15) is 0 Å². The average molecular weight is 402 g/mol. The molecule has 26 heavy (non-hydrogen) atoms. The number of hydrogen-bond donors (Lipinski definition) is 1. The van der Waals surface area contributed by atoms with Crippen molar-refractivity contribution in [3.05, 3.63) is 29.3 Å². The predicted molar refractivity (Wildman–Crippen MR) is 101 cm³/mol. The van der Waals surface area contributed by atoms with Crippen molar-refractivity contribution in [2.75, 3.05) is 19.5 Å². The van der Waals surface area contributed by atoms with Crippen LogP contribution in [0.15, 0.2) is 29.2 Å². The number of hydrogen-bond acceptors (Lipinski definition) is 6. The molecule has 0 aromatic heterocycles. The molecule has 0 aliphatic carbocycles. The van der Waals surface area contributed by atoms with E-state index in [0.29, 0.717) is 17.2 Å². The quantitative estimate of drug-likeness (QED) is 0.479. The zero-order valence-corrected chi connectivity index (χ0v) is 16.7. The predicted octanol–water partition coefficient (Wildman–Crippen LogP) is 3.07. The Kier molecular flexibility index (Phi) is 10.1. The molecule has 1 aromatic rings. The molecular weight excluding hydrogens is 378 g/mol. The van der Waals surface area contributed by atoms with Crippen molar-refractivity contribution in [3.8, 4) is 0 Å². The van der Waals surface area contributed by atoms with Crippen molar-refractivity contribution >= 4 is 41.2 Å². The number of benzene rings is 1. The largest absolute Gasteiger partial charge is 0.467 e. The zero-order valence-electron chi connectivity index (χ0n) is 15.1. The number of carbonyl (C=O) groups excluding carboxylic acids is 3. The molecule has 0 radical (unpaired) electrons. The van der Waals surface area contributed by atoms with Crippen LogP contribution >= 0.6 is 23.4 Å². The molecule has 0 aliphatic rings. The van der Waals surface area contributed by atoms with Gasteiger partial charge >= 0.3 is 11.9 Å². The van der Waals surface area contributed by atoms with E-state index in [1.807, 2.05) is 26.0 Å². The Bertz CT molecular complexity index is 608. The highest BCUT2D eigenvalue weighted by Crippen LogP contribution is 2.21. The van der Waals surface area contributed by atoms with E-state index in [4.69, 9.17) is 21.1 Å². The van der Waals surface area contributed by atoms with Gasteiger partial charge in [-0.3, -0.25) is 9.59 Å². The third-order valence-corrected chi connectivity index (χ3v) is 5.00. The number of carbonyl (C=O) groups is 3. The van der Waals surface area contributed by atoms with E-state index < -0.39 is 30.5 Å². The number of ether oxygens (including phenoxy) is 2. The summed E-state index contributed by atoms with van der Waals surface area (Å²) in [5, 5.41) is 3.21. The third kappa shape index (κ3) is 8.10. The van der Waals surface area contributed by atoms with E-state index in [2.05, 4.69) is 5.32 Å². The summed E-state index contributed by atoms with van der Waals surface area (Å²) in [6.07, 6.45) is 0.869. The lowest BCUT2D eigenvalue weighted by molar-refractivity contribution is -0.150. The second-order valence-corrected chi connectivity index (χ2v) is 7.27. The summed E-state index contributed by atoms with van der Waals surface area (Å²) in [5.41, 5.74) is 0. The van der Waals surface area contributed by atoms with Crippen LogP contribution in [0.1, 0.15) is 26.7 Å². The second kappa shape index (κ2) is 11.8. The molecule has 1 amide bonds. The molecule has 144 valence electrons. The van der Waals surface area contributed by atoms with Gasteiger partial charge in [-0.05, 0) is 30.2 Å². The summed E-state index contributed by atoms with van der Waals surface area (Å²) in [4.78, 5) is 36.4. The minimum atomic E-state index is -0.753. The molecule has 0 aliphatic heterocycles. The Labute approximate surface area is 162 Å². The van der Waals surface area contributed by atoms with Gasteiger partial charge in [0.05, 0.1) is 13.5 Å². The first kappa shape index (κ1) is 22.3. The van der Waals surface area contributed by atoms with Gasteiger partial charge in [-0.1, -0.05) is 31.9 Å². The van der Waals surface area contributed by atoms with Crippen molar-refractivity contribution in [3.63, 3.8) is 0 Å². The van der Waals surface area contributed by atoms with Crippen LogP contribution in [0.5, 0.6) is 0 Å². The highest BCUT2D eigenvalue weighted by Gasteiger charge is 2.26. The van der Waals surface area contributed by atoms with Crippen LogP contribution < -0.4 is 5.32 Å². The summed E-state index contributed by atoms with van der Waals surface area (Å²) >= 11 is 7.31. The molecule has 0 saturated heterocycles. The molecule has 0 bridgehead atoms. The van der Waals surface area contributed by atoms with E-state index in [1.165, 1.54) is 18.9 Å². The molecular formula is C18H24ClNO5S. The van der Waals surface area contributed by atoms with Crippen LogP contribution in [-0.4, -0.2) is 43.4 Å². The molecule has 8 heteroatoms. The van der Waals surface area contributed by atoms with Crippen LogP contribution in [0, 0.1) is 5.92 Å². The van der Waals surface area contributed by atoms with E-state index in [0.717, 1.165) is 4.90 Å². The van der Waals surface area contributed by atoms with Gasteiger partial charge in [0.25, 0.3) is 5.91 Å². The van der Waals surface area contributed by atoms with Crippen molar-refractivity contribution < 1.29 is 23.9 Å². The molecule has 1 rings (SSSR count). The molecule has 1 aromatic carbocycles. The number of nitrogens with one attached hydrogen (secondary N) is 1. The van der Waals surface area contributed by atoms with Crippen LogP contribution in [0.4, 0.5) is 0 Å². The van der Waals surface area contributed by atoms with Crippen LogP contribution in [-0.2, 0) is 23.9 Å². The zero-order chi connectivity index (χ0) is 19.5. The average Bonchev–Trinajstić information content (AvgIpc) is 2.64. The minimum Gasteiger partial charge on any atom is -0.467 e. The van der Waals surface area contributed by atoms with Crippen molar-refractivity contribution in [1.82, 2.24) is 5.32 Å². The maximum atomic E-state index is 11.9. The molecule has 1 N–H and O–H groups in total. The van der Waals surface area contributed by atoms with E-state index in [1.54, 1.807) is 12.1 Å². The topological polar surface area (TPSA) is 81.7 Å². The summed E-state index contributed by atoms with van der Waals surface area (Å²) in [7, 11) is 1.27. The van der Waals surface area contributed by atoms with Gasteiger partial charge in [-0.25, -0.2) is 4.79 Å². The van der Waals surface area contributed by atoms with Crippen molar-refractivity contribution in [1.29, 1.82) is 0 Å². The highest BCUT2D eigenvalue weighted by atomic mass is 35.5. The van der Waals surface area contributed by atoms with Gasteiger partial charge < -0.3 is 14.8 Å². The summed E-state index contributed by atoms with van der Waals surface area (Å²) in [6, 6.07) is 6.54. The van der Waals surface area contributed by atoms with E-state index in [-0.39, 0.29) is 12.3 Å². The molecule has 2 atom stereocenters. The Morgan fingerprint density at radius 3 is 2.46 bits per heavy atom. The smallest absolute Gasteiger partial charge is 0.328 e. The Hall–Kier alpha value is -1.73. The third-order valence-electron chi connectivity index (χ3n) is 3.74. The molecule has 0 unspecified atom stereocenters. The van der Waals surface area contributed by atoms with Gasteiger partial charge in [-0.15, -0.1) is 11.8 Å². The fourth-order valence-electron chi connectivity index (χ4n) is 2.01. The lowest BCUT2D eigenvalue weighted by Gasteiger charge is -2.21. The first-order chi connectivity index (χ1) is 12.4. The van der Waals surface area contributed by atoms with Crippen LogP contribution in [0.3, 0.4) is 0 Å². The van der Waals surface area contributed by atoms with E-state index >= 15 is 0 Å². The lowest BCUT2D eigenvalue weighted by atomic mass is 9.99. The maximum absolute atomic E-state index is 11.9. The number of methoxy groups -OCH3 is 1. The van der Waals surface area contributed by atoms with Crippen LogP contribution in [0.2, 0.25) is 5.02 Å². The summed E-state index contributed by atoms with van der Waals surface area (Å²) < 4.78 is 9.64. The normalized spacial score (nSPS) is 12.8. The van der Waals surface area contributed by atoms with Crippen molar-refractivity contribution in [2.45, 2.75) is 37.6 Å². The van der Waals surface area contributed by atoms with Crippen LogP contribution in [0.25, 0.3) is 0 Å². The van der Waals surface area contributed by atoms with Gasteiger partial charge in [0.15, 0.2) is 6.61 Å². The molecule has 6 nitrogen and oxygen atoms in total. The fourth-order valence-corrected chi connectivity index (χ4v) is 2.97. The van der Waals surface area contributed by atoms with Gasteiger partial charge in [0, 0.05) is 15.7 Å². The minimum absolute atomic E-state index is 0.0853. The highest BCUT2D eigenvalue weighted by molar-refractivity contribution is 7.99. The Morgan fingerprint density at radius 2 is 1.88 bits per heavy atom. The molecule has 0 saturated carbocycles. The summed E-state index contributed by atoms with van der Waals surface area (Å²) in [5.74, 6) is -1.07. The maximum Gasteiger partial charge on any atom is 0.328 e. The number of esters is 2. The summed E-state index contributed by atoms with van der Waals surface area (Å²) in [6.45, 7) is 3.32. The first-order valence-corrected chi connectivity index (χ1v) is 9.64. The standard InChI is InChI=1S/C18H24ClNO5S/c1-4-12(2)17(18(23)24-3)20-15(21)11-25-16(22)9-10-26-14-7-5-13(19)6-8-14/h5-8,12,17H,4,9-11H2,1-3H3,(H,20,21)/t12-,17-/m1/s1. The SMILES string of the molecule is CC[C@@H](C)[C@@H](NC(=O)COC(=O)CCSc1ccc(Cl)cc1)C(=O)OC. The molecule has 0 heterocycles. The number of rotatable bonds is 10. The fraction of sp³-hybridized carbons (Fsp3) is 0.500. The number of amides is 1. The molecule has 0 fully saturated rings. The van der Waals surface area contributed by atoms with Gasteiger partial charge in [0.2, 0.25) is 0 Å². The van der Waals surface area contributed by atoms with Crippen molar-refractivity contribution in [2.24, 2.45) is 5.92 Å². The number of thioether (sulfide) groups is 1. The lowest BCUT2D eigenvalue weighted by Crippen LogP contribution is -2.47. The Morgan fingerprint density at radius 1 is 1.23 bits per heavy atom. The van der Waals surface area contributed by atoms with E-state index in [9.17, 15) is 14.4 Å².